The van der Waals surface area contributed by atoms with Gasteiger partial charge in [0.25, 0.3) is 5.91 Å². The van der Waals surface area contributed by atoms with Crippen molar-refractivity contribution in [3.8, 4) is 5.75 Å². The van der Waals surface area contributed by atoms with Gasteiger partial charge in [0.05, 0.1) is 7.11 Å². The lowest BCUT2D eigenvalue weighted by atomic mass is 10.2. The van der Waals surface area contributed by atoms with E-state index in [1.54, 1.807) is 31.4 Å². The summed E-state index contributed by atoms with van der Waals surface area (Å²) in [5.74, 6) is -0.336. The Labute approximate surface area is 147 Å². The molecule has 0 aliphatic carbocycles. The number of anilines is 1. The van der Waals surface area contributed by atoms with Crippen LogP contribution in [-0.4, -0.2) is 25.1 Å². The highest BCUT2D eigenvalue weighted by atomic mass is 16.5. The molecule has 0 radical (unpaired) electrons. The fourth-order valence-electron chi connectivity index (χ4n) is 2.11. The fourth-order valence-corrected chi connectivity index (χ4v) is 2.11. The lowest BCUT2D eigenvalue weighted by Crippen LogP contribution is -2.29. The Morgan fingerprint density at radius 2 is 1.76 bits per heavy atom. The largest absolute Gasteiger partial charge is 0.496 e. The second-order valence-electron chi connectivity index (χ2n) is 5.51. The summed E-state index contributed by atoms with van der Waals surface area (Å²) in [7, 11) is 1.56. The third-order valence-electron chi connectivity index (χ3n) is 3.52. The molecule has 1 atom stereocenters. The molecule has 0 fully saturated rings. The normalized spacial score (nSPS) is 11.8. The van der Waals surface area contributed by atoms with Gasteiger partial charge in [-0.3, -0.25) is 4.79 Å². The summed E-state index contributed by atoms with van der Waals surface area (Å²) in [5, 5.41) is 2.71. The van der Waals surface area contributed by atoms with E-state index in [1.165, 1.54) is 13.0 Å². The summed E-state index contributed by atoms with van der Waals surface area (Å²) >= 11 is 0. The predicted molar refractivity (Wildman–Crippen MR) is 97.4 cm³/mol. The number of rotatable bonds is 6. The third-order valence-corrected chi connectivity index (χ3v) is 3.52. The predicted octanol–water partition coefficient (Wildman–Crippen LogP) is 3.59. The van der Waals surface area contributed by atoms with Gasteiger partial charge in [0, 0.05) is 17.3 Å². The minimum atomic E-state index is -0.906. The fraction of sp³-hybridized carbons (Fsp3) is 0.200. The van der Waals surface area contributed by atoms with Crippen LogP contribution in [0, 0.1) is 6.92 Å². The number of esters is 1. The molecule has 0 bridgehead atoms. The molecule has 0 unspecified atom stereocenters. The van der Waals surface area contributed by atoms with E-state index >= 15 is 0 Å². The van der Waals surface area contributed by atoms with Gasteiger partial charge in [-0.05, 0) is 38.1 Å². The van der Waals surface area contributed by atoms with Crippen LogP contribution in [0.5, 0.6) is 5.75 Å². The van der Waals surface area contributed by atoms with Crippen LogP contribution in [0.1, 0.15) is 18.1 Å². The Morgan fingerprint density at radius 3 is 2.44 bits per heavy atom. The Morgan fingerprint density at radius 1 is 1.08 bits per heavy atom. The maximum Gasteiger partial charge on any atom is 0.331 e. The summed E-state index contributed by atoms with van der Waals surface area (Å²) < 4.78 is 10.3. The van der Waals surface area contributed by atoms with Crippen LogP contribution in [-0.2, 0) is 14.3 Å². The highest BCUT2D eigenvalue weighted by Crippen LogP contribution is 2.18. The van der Waals surface area contributed by atoms with Crippen LogP contribution >= 0.6 is 0 Å². The second-order valence-corrected chi connectivity index (χ2v) is 5.51. The highest BCUT2D eigenvalue weighted by molar-refractivity contribution is 5.96. The van der Waals surface area contributed by atoms with E-state index in [4.69, 9.17) is 9.47 Å². The topological polar surface area (TPSA) is 64.6 Å². The zero-order valence-electron chi connectivity index (χ0n) is 14.5. The lowest BCUT2D eigenvalue weighted by molar-refractivity contribution is -0.148. The number of ether oxygens (including phenoxy) is 2. The Kier molecular flexibility index (Phi) is 6.34. The summed E-state index contributed by atoms with van der Waals surface area (Å²) in [6, 6.07) is 14.7. The van der Waals surface area contributed by atoms with Gasteiger partial charge >= 0.3 is 5.97 Å². The van der Waals surface area contributed by atoms with Crippen LogP contribution < -0.4 is 10.1 Å². The molecular formula is C20H21NO4. The number of amides is 1. The molecule has 0 saturated heterocycles. The second kappa shape index (κ2) is 8.68. The SMILES string of the molecule is COc1ccccc1/C=C/C(=O)O[C@H](C)C(=O)Nc1ccc(C)cc1. The molecular weight excluding hydrogens is 318 g/mol. The Balaban J connectivity index is 1.91. The van der Waals surface area contributed by atoms with Gasteiger partial charge in [-0.1, -0.05) is 35.9 Å². The average molecular weight is 339 g/mol. The molecule has 5 nitrogen and oxygen atoms in total. The molecule has 0 aliphatic rings. The van der Waals surface area contributed by atoms with E-state index < -0.39 is 12.1 Å². The summed E-state index contributed by atoms with van der Waals surface area (Å²) in [6.07, 6.45) is 1.95. The quantitative estimate of drug-likeness (QED) is 0.645. The van der Waals surface area contributed by atoms with Crippen molar-refractivity contribution in [2.45, 2.75) is 20.0 Å². The van der Waals surface area contributed by atoms with Crippen molar-refractivity contribution in [2.75, 3.05) is 12.4 Å². The number of hydrogen-bond acceptors (Lipinski definition) is 4. The first-order valence-electron chi connectivity index (χ1n) is 7.89. The molecule has 1 N–H and O–H groups in total. The van der Waals surface area contributed by atoms with Crippen molar-refractivity contribution < 1.29 is 19.1 Å². The molecule has 25 heavy (non-hydrogen) atoms. The number of nitrogens with one attached hydrogen (secondary N) is 1. The summed E-state index contributed by atoms with van der Waals surface area (Å²) in [4.78, 5) is 24.0. The first-order chi connectivity index (χ1) is 12.0. The Hall–Kier alpha value is -3.08. The van der Waals surface area contributed by atoms with Crippen LogP contribution in [0.2, 0.25) is 0 Å². The summed E-state index contributed by atoms with van der Waals surface area (Å²) in [6.45, 7) is 3.49. The van der Waals surface area contributed by atoms with E-state index in [0.29, 0.717) is 11.4 Å². The van der Waals surface area contributed by atoms with Crippen LogP contribution in [0.4, 0.5) is 5.69 Å². The maximum absolute atomic E-state index is 12.1. The molecule has 0 aromatic heterocycles. The van der Waals surface area contributed by atoms with Crippen molar-refractivity contribution in [2.24, 2.45) is 0 Å². The minimum absolute atomic E-state index is 0.386. The van der Waals surface area contributed by atoms with Gasteiger partial charge in [0.1, 0.15) is 5.75 Å². The molecule has 0 spiro atoms. The molecule has 130 valence electrons. The van der Waals surface area contributed by atoms with Crippen molar-refractivity contribution in [3.63, 3.8) is 0 Å². The molecule has 0 heterocycles. The molecule has 2 aromatic rings. The smallest absolute Gasteiger partial charge is 0.331 e. The van der Waals surface area contributed by atoms with E-state index in [-0.39, 0.29) is 5.91 Å². The number of hydrogen-bond donors (Lipinski definition) is 1. The molecule has 2 aromatic carbocycles. The van der Waals surface area contributed by atoms with E-state index in [2.05, 4.69) is 5.32 Å². The van der Waals surface area contributed by atoms with Crippen LogP contribution in [0.15, 0.2) is 54.6 Å². The van der Waals surface area contributed by atoms with Crippen molar-refractivity contribution in [1.82, 2.24) is 0 Å². The number of carbonyl (C=O) groups excluding carboxylic acids is 2. The van der Waals surface area contributed by atoms with Crippen LogP contribution in [0.3, 0.4) is 0 Å². The number of benzene rings is 2. The number of aryl methyl sites for hydroxylation is 1. The lowest BCUT2D eigenvalue weighted by Gasteiger charge is -2.12. The van der Waals surface area contributed by atoms with Gasteiger partial charge in [0.2, 0.25) is 0 Å². The Bertz CT molecular complexity index is 766. The molecule has 5 heteroatoms. The van der Waals surface area contributed by atoms with Gasteiger partial charge in [-0.2, -0.15) is 0 Å². The first kappa shape index (κ1) is 18.3. The molecule has 0 saturated carbocycles. The monoisotopic (exact) mass is 339 g/mol. The zero-order chi connectivity index (χ0) is 18.2. The van der Waals surface area contributed by atoms with Crippen molar-refractivity contribution in [1.29, 1.82) is 0 Å². The van der Waals surface area contributed by atoms with E-state index in [1.807, 2.05) is 37.3 Å². The van der Waals surface area contributed by atoms with Crippen molar-refractivity contribution >= 4 is 23.6 Å². The van der Waals surface area contributed by atoms with Gasteiger partial charge in [0.15, 0.2) is 6.10 Å². The van der Waals surface area contributed by atoms with Gasteiger partial charge in [-0.15, -0.1) is 0 Å². The summed E-state index contributed by atoms with van der Waals surface area (Å²) in [5.41, 5.74) is 2.50. The molecule has 1 amide bonds. The van der Waals surface area contributed by atoms with Gasteiger partial charge < -0.3 is 14.8 Å². The average Bonchev–Trinajstić information content (AvgIpc) is 2.62. The minimum Gasteiger partial charge on any atom is -0.496 e. The van der Waals surface area contributed by atoms with E-state index in [0.717, 1.165) is 11.1 Å². The van der Waals surface area contributed by atoms with Gasteiger partial charge in [-0.25, -0.2) is 4.79 Å². The number of carbonyl (C=O) groups is 2. The number of para-hydroxylation sites is 1. The first-order valence-corrected chi connectivity index (χ1v) is 7.89. The van der Waals surface area contributed by atoms with E-state index in [9.17, 15) is 9.59 Å². The number of methoxy groups -OCH3 is 1. The van der Waals surface area contributed by atoms with Crippen molar-refractivity contribution in [3.05, 3.63) is 65.7 Å². The zero-order valence-corrected chi connectivity index (χ0v) is 14.5. The highest BCUT2D eigenvalue weighted by Gasteiger charge is 2.16. The third kappa shape index (κ3) is 5.49. The standard InChI is InChI=1S/C20H21NO4/c1-14-8-11-17(12-9-14)21-20(23)15(2)25-19(22)13-10-16-6-4-5-7-18(16)24-3/h4-13,15H,1-3H3,(H,21,23)/b13-10+/t15-/m1/s1. The van der Waals surface area contributed by atoms with Crippen LogP contribution in [0.25, 0.3) is 6.08 Å². The maximum atomic E-state index is 12.1. The molecule has 2 rings (SSSR count). The molecule has 0 aliphatic heterocycles.